The van der Waals surface area contributed by atoms with Crippen molar-refractivity contribution in [2.75, 3.05) is 6.61 Å². The van der Waals surface area contributed by atoms with Crippen LogP contribution in [-0.4, -0.2) is 57.4 Å². The Bertz CT molecular complexity index is 1050. The van der Waals surface area contributed by atoms with Gasteiger partial charge in [0.2, 0.25) is 0 Å². The quantitative estimate of drug-likeness (QED) is 0.178. The van der Waals surface area contributed by atoms with Gasteiger partial charge >= 0.3 is 29.2 Å². The fourth-order valence-corrected chi connectivity index (χ4v) is 5.81. The number of phosphoric acid groups is 3. The van der Waals surface area contributed by atoms with Gasteiger partial charge in [0, 0.05) is 12.3 Å². The minimum Gasteiger partial charge on any atom is -0.387 e. The lowest BCUT2D eigenvalue weighted by Gasteiger charge is -2.23. The van der Waals surface area contributed by atoms with E-state index in [2.05, 4.69) is 13.1 Å². The van der Waals surface area contributed by atoms with Gasteiger partial charge in [-0.1, -0.05) is 23.2 Å². The van der Waals surface area contributed by atoms with E-state index in [4.69, 9.17) is 42.6 Å². The summed E-state index contributed by atoms with van der Waals surface area (Å²) in [5, 5.41) is 10.2. The molecule has 21 heteroatoms. The lowest BCUT2D eigenvalue weighted by atomic mass is 10.2. The van der Waals surface area contributed by atoms with Crippen LogP contribution in [0.3, 0.4) is 0 Å². The molecule has 16 nitrogen and oxygen atoms in total. The molecule has 0 bridgehead atoms. The third kappa shape index (κ3) is 6.55. The van der Waals surface area contributed by atoms with Crippen molar-refractivity contribution in [1.82, 2.24) is 9.55 Å². The largest absolute Gasteiger partial charge is 0.490 e. The predicted molar refractivity (Wildman–Crippen MR) is 95.5 cm³/mol. The van der Waals surface area contributed by atoms with Crippen LogP contribution in [0.1, 0.15) is 6.23 Å². The first-order chi connectivity index (χ1) is 13.4. The zero-order valence-corrected chi connectivity index (χ0v) is 18.2. The van der Waals surface area contributed by atoms with Crippen LogP contribution in [0.4, 0.5) is 0 Å². The Morgan fingerprint density at radius 1 is 1.13 bits per heavy atom. The molecule has 0 aromatic carbocycles. The van der Waals surface area contributed by atoms with Gasteiger partial charge in [-0.15, -0.1) is 0 Å². The van der Waals surface area contributed by atoms with Gasteiger partial charge in [-0.3, -0.25) is 18.9 Å². The summed E-state index contributed by atoms with van der Waals surface area (Å²) < 4.78 is 48.7. The molecule has 1 aliphatic rings. The van der Waals surface area contributed by atoms with Crippen LogP contribution >= 0.6 is 46.7 Å². The van der Waals surface area contributed by atoms with E-state index in [1.807, 2.05) is 4.98 Å². The summed E-state index contributed by atoms with van der Waals surface area (Å²) in [6.45, 7) is -1.07. The summed E-state index contributed by atoms with van der Waals surface area (Å²) in [6.07, 6.45) is -4.15. The Hall–Kier alpha value is -0.410. The Morgan fingerprint density at radius 3 is 2.27 bits per heavy atom. The first kappa shape index (κ1) is 25.8. The van der Waals surface area contributed by atoms with Gasteiger partial charge in [0.15, 0.2) is 10.6 Å². The van der Waals surface area contributed by atoms with Crippen LogP contribution in [-0.2, 0) is 31.6 Å². The van der Waals surface area contributed by atoms with Crippen molar-refractivity contribution < 1.29 is 56.3 Å². The number of ether oxygens (including phenoxy) is 1. The Balaban J connectivity index is 2.13. The number of phosphoric ester groups is 1. The van der Waals surface area contributed by atoms with Gasteiger partial charge < -0.3 is 29.4 Å². The van der Waals surface area contributed by atoms with Crippen molar-refractivity contribution >= 4 is 46.7 Å². The van der Waals surface area contributed by atoms with Gasteiger partial charge in [-0.25, -0.2) is 18.5 Å². The highest BCUT2D eigenvalue weighted by atomic mass is 35.5. The SMILES string of the molecule is O=c1ccn(C2OC(COP(=O)(O)OP(=O)(O)OP(=O)(O)O)C(O)C2(Cl)Cl)c(=O)[nH]1. The summed E-state index contributed by atoms with van der Waals surface area (Å²) in [5.41, 5.74) is -1.77. The van der Waals surface area contributed by atoms with Crippen LogP contribution in [0.25, 0.3) is 0 Å². The molecule has 0 radical (unpaired) electrons. The number of aromatic amines is 1. The molecule has 0 saturated carbocycles. The number of hydrogen-bond acceptors (Lipinski definition) is 10. The number of alkyl halides is 2. The fourth-order valence-electron chi connectivity index (χ4n) is 2.19. The molecule has 2 heterocycles. The molecule has 30 heavy (non-hydrogen) atoms. The average Bonchev–Trinajstić information content (AvgIpc) is 2.73. The number of nitrogens with one attached hydrogen (secondary N) is 1. The highest BCUT2D eigenvalue weighted by Crippen LogP contribution is 2.66. The van der Waals surface area contributed by atoms with Crippen LogP contribution in [0.2, 0.25) is 0 Å². The number of rotatable bonds is 8. The molecule has 2 rings (SSSR count). The molecular formula is C9H13Cl2N2O14P3. The molecule has 0 aliphatic carbocycles. The number of aliphatic hydroxyl groups excluding tert-OH is 1. The molecule has 1 fully saturated rings. The molecule has 5 atom stereocenters. The standard InChI is InChI=1S/C9H13Cl2N2O14P3/c10-9(11)6(15)4(25-7(9)13-2-1-5(14)12-8(13)16)3-24-29(20,21)27-30(22,23)26-28(17,18)19/h1-2,4,6-7,15H,3H2,(H,20,21)(H,22,23)(H,12,14,16)(H2,17,18,19). The van der Waals surface area contributed by atoms with Crippen LogP contribution < -0.4 is 11.2 Å². The molecular weight excluding hydrogens is 524 g/mol. The maximum Gasteiger partial charge on any atom is 0.490 e. The number of aromatic nitrogens is 2. The van der Waals surface area contributed by atoms with E-state index in [-0.39, 0.29) is 0 Å². The molecule has 6 N–H and O–H groups in total. The molecule has 0 spiro atoms. The number of halogens is 2. The third-order valence-electron chi connectivity index (χ3n) is 3.30. The molecule has 172 valence electrons. The third-order valence-corrected chi connectivity index (χ3v) is 7.92. The van der Waals surface area contributed by atoms with Crippen molar-refractivity contribution in [2.24, 2.45) is 0 Å². The highest BCUT2D eigenvalue weighted by molar-refractivity contribution is 7.66. The number of nitrogens with zero attached hydrogens (tertiary/aromatic N) is 1. The van der Waals surface area contributed by atoms with Gasteiger partial charge in [-0.2, -0.15) is 8.62 Å². The van der Waals surface area contributed by atoms with E-state index in [9.17, 15) is 33.3 Å². The summed E-state index contributed by atoms with van der Waals surface area (Å²) >= 11 is 12.0. The Kier molecular flexibility index (Phi) is 7.62. The van der Waals surface area contributed by atoms with Gasteiger partial charge in [0.25, 0.3) is 5.56 Å². The zero-order chi connectivity index (χ0) is 23.1. The van der Waals surface area contributed by atoms with Crippen LogP contribution in [0.5, 0.6) is 0 Å². The maximum absolute atomic E-state index is 11.9. The first-order valence-electron chi connectivity index (χ1n) is 7.25. The second-order valence-electron chi connectivity index (χ2n) is 5.55. The summed E-state index contributed by atoms with van der Waals surface area (Å²) in [7, 11) is -16.8. The molecule has 1 saturated heterocycles. The molecule has 1 aliphatic heterocycles. The van der Waals surface area contributed by atoms with Gasteiger partial charge in [0.05, 0.1) is 6.61 Å². The van der Waals surface area contributed by atoms with E-state index in [0.717, 1.165) is 12.3 Å². The van der Waals surface area contributed by atoms with Crippen molar-refractivity contribution in [1.29, 1.82) is 0 Å². The Morgan fingerprint density at radius 2 is 1.73 bits per heavy atom. The minimum absolute atomic E-state index is 0.704. The average molecular weight is 537 g/mol. The van der Waals surface area contributed by atoms with Crippen LogP contribution in [0.15, 0.2) is 21.9 Å². The molecule has 1 aromatic heterocycles. The second kappa shape index (κ2) is 8.85. The van der Waals surface area contributed by atoms with E-state index >= 15 is 0 Å². The number of aliphatic hydroxyl groups is 1. The second-order valence-corrected chi connectivity index (χ2v) is 11.4. The van der Waals surface area contributed by atoms with E-state index in [1.165, 1.54) is 0 Å². The molecule has 5 unspecified atom stereocenters. The molecule has 0 amide bonds. The van der Waals surface area contributed by atoms with E-state index < -0.39 is 64.1 Å². The van der Waals surface area contributed by atoms with E-state index in [0.29, 0.717) is 4.57 Å². The van der Waals surface area contributed by atoms with Crippen molar-refractivity contribution in [3.05, 3.63) is 33.1 Å². The monoisotopic (exact) mass is 536 g/mol. The van der Waals surface area contributed by atoms with Crippen LogP contribution in [0, 0.1) is 0 Å². The minimum atomic E-state index is -5.74. The number of hydrogen-bond donors (Lipinski definition) is 6. The summed E-state index contributed by atoms with van der Waals surface area (Å²) in [4.78, 5) is 60.3. The normalized spacial score (nSPS) is 28.0. The predicted octanol–water partition coefficient (Wildman–Crippen LogP) is -0.688. The van der Waals surface area contributed by atoms with Gasteiger partial charge in [0.1, 0.15) is 12.2 Å². The van der Waals surface area contributed by atoms with Crippen molar-refractivity contribution in [3.63, 3.8) is 0 Å². The maximum atomic E-state index is 11.9. The van der Waals surface area contributed by atoms with E-state index in [1.54, 1.807) is 0 Å². The van der Waals surface area contributed by atoms with Gasteiger partial charge in [-0.05, 0) is 0 Å². The zero-order valence-electron chi connectivity index (χ0n) is 14.0. The van der Waals surface area contributed by atoms with Crippen molar-refractivity contribution in [3.8, 4) is 0 Å². The lowest BCUT2D eigenvalue weighted by molar-refractivity contribution is -0.0452. The first-order valence-corrected chi connectivity index (χ1v) is 12.5. The smallest absolute Gasteiger partial charge is 0.387 e. The molecule has 1 aromatic rings. The van der Waals surface area contributed by atoms with Crippen molar-refractivity contribution in [2.45, 2.75) is 22.8 Å². The summed E-state index contributed by atoms with van der Waals surface area (Å²) in [5.74, 6) is 0. The Labute approximate surface area is 175 Å². The summed E-state index contributed by atoms with van der Waals surface area (Å²) in [6, 6.07) is 0.917. The fraction of sp³-hybridized carbons (Fsp3) is 0.556. The highest BCUT2D eigenvalue weighted by Gasteiger charge is 2.56. The lowest BCUT2D eigenvalue weighted by Crippen LogP contribution is -2.41. The number of H-pyrrole nitrogens is 1. The topological polar surface area (TPSA) is 244 Å².